The Morgan fingerprint density at radius 1 is 0.372 bits per heavy atom. The largest absolute Gasteiger partial charge is 0.385 e. The lowest BCUT2D eigenvalue weighted by Crippen LogP contribution is -2.52. The molecule has 4 aliphatic heterocycles. The van der Waals surface area contributed by atoms with Gasteiger partial charge in [0.2, 0.25) is 0 Å². The highest BCUT2D eigenvalue weighted by Gasteiger charge is 2.45. The van der Waals surface area contributed by atoms with Gasteiger partial charge in [0.25, 0.3) is 43.4 Å². The van der Waals surface area contributed by atoms with Crippen molar-refractivity contribution in [2.45, 2.75) is 338 Å². The maximum Gasteiger partial charge on any atom is 0.253 e. The predicted octanol–water partition coefficient (Wildman–Crippen LogP) is 17.9. The summed E-state index contributed by atoms with van der Waals surface area (Å²) in [6, 6.07) is 40.9. The molecular formula is C121H182N12O15. The first-order valence-corrected chi connectivity index (χ1v) is 57.5. The van der Waals surface area contributed by atoms with Crippen molar-refractivity contribution in [3.05, 3.63) is 225 Å². The van der Waals surface area contributed by atoms with Crippen LogP contribution in [0.25, 0.3) is 0 Å². The van der Waals surface area contributed by atoms with Crippen LogP contribution in [0.4, 0.5) is 45.5 Å². The summed E-state index contributed by atoms with van der Waals surface area (Å²) in [6.07, 6.45) is 44.2. The molecule has 4 heterocycles. The maximum atomic E-state index is 12.9. The molecule has 0 spiro atoms. The van der Waals surface area contributed by atoms with Crippen molar-refractivity contribution < 1.29 is 33.5 Å². The molecule has 16 rings (SSSR count). The van der Waals surface area contributed by atoms with Crippen molar-refractivity contribution >= 4 is 45.5 Å². The Hall–Kier alpha value is -8.84. The third-order valence-corrected chi connectivity index (χ3v) is 34.0. The van der Waals surface area contributed by atoms with Crippen LogP contribution in [0, 0.1) is 47.3 Å². The van der Waals surface area contributed by atoms with Crippen molar-refractivity contribution in [3.8, 4) is 0 Å². The van der Waals surface area contributed by atoms with Gasteiger partial charge in [-0.05, 0) is 163 Å². The third kappa shape index (κ3) is 31.5. The highest BCUT2D eigenvalue weighted by atomic mass is 16.5. The van der Waals surface area contributed by atoms with Crippen LogP contribution >= 0.6 is 0 Å². The number of anilines is 8. The van der Waals surface area contributed by atoms with E-state index in [0.717, 1.165) is 164 Å². The van der Waals surface area contributed by atoms with E-state index < -0.39 is 27.3 Å². The van der Waals surface area contributed by atoms with Gasteiger partial charge in [-0.1, -0.05) is 282 Å². The number of hydrogen-bond donors (Lipinski definition) is 8. The number of aliphatic hydroxyl groups is 1. The van der Waals surface area contributed by atoms with Gasteiger partial charge < -0.3 is 96.9 Å². The molecule has 27 nitrogen and oxygen atoms in total. The van der Waals surface area contributed by atoms with Crippen LogP contribution in [0.2, 0.25) is 0 Å². The lowest BCUT2D eigenvalue weighted by Gasteiger charge is -2.44. The van der Waals surface area contributed by atoms with Gasteiger partial charge in [0.1, 0.15) is 45.5 Å². The van der Waals surface area contributed by atoms with Crippen molar-refractivity contribution in [1.29, 1.82) is 0 Å². The van der Waals surface area contributed by atoms with E-state index in [1.807, 2.05) is 111 Å². The lowest BCUT2D eigenvalue weighted by molar-refractivity contribution is -0.0392. The molecule has 4 saturated heterocycles. The molecule has 4 aliphatic carbocycles. The Bertz CT molecular complexity index is 5270. The number of likely N-dealkylation sites (N-methyl/N-ethyl adjacent to an activating group) is 1. The average molecular weight is 2040 g/mol. The summed E-state index contributed by atoms with van der Waals surface area (Å²) in [7, 11) is 7.06. The van der Waals surface area contributed by atoms with E-state index in [1.165, 1.54) is 135 Å². The number of nitrogens with two attached hydrogens (primary N) is 4. The van der Waals surface area contributed by atoms with Crippen LogP contribution in [0.5, 0.6) is 0 Å². The second-order valence-electron chi connectivity index (χ2n) is 44.8. The number of unbranched alkanes of at least 4 members (excludes halogenated alkanes) is 3. The standard InChI is InChI=1S/C31H47N3O3.3C30H45N3O4/c1-2-3-4-11-18-31(37,24-15-9-6-10-16-24)25-17-12-19-34(22-25)28-27(29(35)30(28)36)33-26(21-32)20-23-13-7-5-8-14-23;1-32(25(20-31)19-22-11-5-3-6-12-22)26-27(29(35)28(26)34)33-16-9-15-24(21-33)30(37-18-10-17-36-2)23-13-7-4-8-14-23;2*1-21(31)25(19-22-11-5-3-6-12-22)32-26-27(29(35)28(26)34)33-16-9-15-24(20-33)30(37-18-10-17-36-2)23-13-7-4-8-14-23/h6,9-10,15-16,23,25-26,33,37H,2-5,7-8,11-14,17-22,32H2,1H3;4,7-8,13-14,22,24-25,30H,3,5-6,9-12,15-21,31H2,1-2H3;2*4,7-8,13-14,21-22,24-25,30,32H,3,5-6,9-12,15-20,31H2,1-2H3/t25-,26+,31-;24-,25+,30+;21-,24+,25-,30-;21-,24-,25+,30+/m1101/s1. The molecule has 0 bridgehead atoms. The number of benzene rings is 4. The number of hydrogen-bond acceptors (Lipinski definition) is 27. The van der Waals surface area contributed by atoms with Gasteiger partial charge in [-0.2, -0.15) is 0 Å². The minimum atomic E-state index is -0.945. The first-order chi connectivity index (χ1) is 72.0. The number of methoxy groups -OCH3 is 3. The molecule has 8 aromatic carbocycles. The third-order valence-electron chi connectivity index (χ3n) is 34.0. The number of rotatable bonds is 52. The van der Waals surface area contributed by atoms with E-state index >= 15 is 0 Å². The van der Waals surface area contributed by atoms with Gasteiger partial charge in [0.15, 0.2) is 0 Å². The Morgan fingerprint density at radius 2 is 0.709 bits per heavy atom. The fourth-order valence-electron chi connectivity index (χ4n) is 25.6. The Balaban J connectivity index is 0.000000165. The lowest BCUT2D eigenvalue weighted by atomic mass is 9.74. The number of nitrogens with one attached hydrogen (secondary N) is 3. The van der Waals surface area contributed by atoms with E-state index in [0.29, 0.717) is 155 Å². The van der Waals surface area contributed by atoms with Crippen LogP contribution in [0.3, 0.4) is 0 Å². The highest BCUT2D eigenvalue weighted by molar-refractivity contribution is 5.79. The van der Waals surface area contributed by atoms with Gasteiger partial charge in [0, 0.05) is 193 Å². The van der Waals surface area contributed by atoms with E-state index in [4.69, 9.17) is 51.4 Å². The van der Waals surface area contributed by atoms with E-state index in [2.05, 4.69) is 78.9 Å². The normalized spacial score (nSPS) is 21.4. The molecule has 8 aliphatic rings. The van der Waals surface area contributed by atoms with E-state index in [1.54, 1.807) is 21.3 Å². The van der Waals surface area contributed by atoms with Crippen molar-refractivity contribution in [2.24, 2.45) is 70.3 Å². The second-order valence-corrected chi connectivity index (χ2v) is 44.8. The minimum Gasteiger partial charge on any atom is -0.385 e. The van der Waals surface area contributed by atoms with Gasteiger partial charge in [-0.3, -0.25) is 38.4 Å². The zero-order valence-corrected chi connectivity index (χ0v) is 90.7. The summed E-state index contributed by atoms with van der Waals surface area (Å²) in [6.45, 7) is 16.7. The Morgan fingerprint density at radius 3 is 1.07 bits per heavy atom. The molecule has 4 saturated carbocycles. The highest BCUT2D eigenvalue weighted by Crippen LogP contribution is 2.46. The molecule has 0 amide bonds. The SMILES string of the molecule is CCCCCC[C@@](O)(c1ccccc1)[C@@H]1CCCN(c2c(N[C@H](CN)CC3CCCCC3)c(=O)c2=O)C1.COCCCO[C@@H](c1ccccc1)[C@@H]1CCCN(c2c(N(C)[C@H](CN)CC3CCCCC3)c(=O)c2=O)C1.COCCCO[C@@H](c1ccccc1)[C@@H]1CCCN(c2c(N[C@@H](CC3CCCCC3)[C@@H](C)N)c(=O)c2=O)C1.COCCCO[C@@H](c1ccccc1)[C@@H]1CCCN(c2c(N[C@@H](CC3CCCCC3)[C@H](C)N)c(=O)c2=O)C1. The fourth-order valence-corrected chi connectivity index (χ4v) is 25.6. The number of piperidine rings is 4. The topological polar surface area (TPSA) is 369 Å². The quantitative estimate of drug-likeness (QED) is 0.0130. The molecule has 0 radical (unpaired) electrons. The van der Waals surface area contributed by atoms with Gasteiger partial charge in [0.05, 0.1) is 23.9 Å². The molecule has 14 atom stereocenters. The van der Waals surface area contributed by atoms with E-state index in [9.17, 15) is 43.5 Å². The zero-order chi connectivity index (χ0) is 105. The fraction of sp³-hybridized carbons (Fsp3) is 0.669. The Labute approximate surface area is 881 Å². The van der Waals surface area contributed by atoms with Gasteiger partial charge >= 0.3 is 0 Å². The van der Waals surface area contributed by atoms with Crippen LogP contribution in [-0.2, 0) is 34.0 Å². The summed E-state index contributed by atoms with van der Waals surface area (Å²) >= 11 is 0. The van der Waals surface area contributed by atoms with Gasteiger partial charge in [-0.15, -0.1) is 0 Å². The smallest absolute Gasteiger partial charge is 0.253 e. The zero-order valence-electron chi connectivity index (χ0n) is 90.7. The predicted molar refractivity (Wildman–Crippen MR) is 604 cm³/mol. The monoisotopic (exact) mass is 2040 g/mol. The average Bonchev–Trinajstić information content (AvgIpc) is 0.762. The molecular weight excluding hydrogens is 1860 g/mol. The van der Waals surface area contributed by atoms with Crippen molar-refractivity contribution in [1.82, 2.24) is 0 Å². The van der Waals surface area contributed by atoms with Crippen molar-refractivity contribution in [3.63, 3.8) is 0 Å². The summed E-state index contributed by atoms with van der Waals surface area (Å²) in [5, 5.41) is 22.4. The van der Waals surface area contributed by atoms with Crippen LogP contribution < -0.4 is 107 Å². The molecule has 816 valence electrons. The van der Waals surface area contributed by atoms with Gasteiger partial charge in [-0.25, -0.2) is 0 Å². The molecule has 12 N–H and O–H groups in total. The van der Waals surface area contributed by atoms with Crippen molar-refractivity contribution in [2.75, 3.05) is 174 Å². The van der Waals surface area contributed by atoms with Crippen LogP contribution in [-0.4, -0.2) is 175 Å². The van der Waals surface area contributed by atoms with E-state index in [-0.39, 0.29) is 99.9 Å². The summed E-state index contributed by atoms with van der Waals surface area (Å²) in [5.74, 6) is 3.23. The maximum absolute atomic E-state index is 12.9. The van der Waals surface area contributed by atoms with Crippen LogP contribution in [0.15, 0.2) is 160 Å². The second kappa shape index (κ2) is 60.0. The summed E-state index contributed by atoms with van der Waals surface area (Å²) in [4.78, 5) is 113. The molecule has 8 aromatic rings. The summed E-state index contributed by atoms with van der Waals surface area (Å²) in [5.41, 5.74) is 29.6. The first kappa shape index (κ1) is 116. The molecule has 8 fully saturated rings. The number of ether oxygens (including phenoxy) is 6. The molecule has 0 unspecified atom stereocenters. The molecule has 27 heteroatoms. The van der Waals surface area contributed by atoms with Crippen LogP contribution in [0.1, 0.15) is 318 Å². The Kier molecular flexibility index (Phi) is 47.1. The summed E-state index contributed by atoms with van der Waals surface area (Å²) < 4.78 is 34.8. The molecule has 148 heavy (non-hydrogen) atoms. The first-order valence-electron chi connectivity index (χ1n) is 57.5. The number of nitrogens with zero attached hydrogens (tertiary/aromatic N) is 5. The molecule has 0 aromatic heterocycles. The minimum absolute atomic E-state index is 0.00456.